The molecule has 0 unspecified atom stereocenters. The first kappa shape index (κ1) is 41.6. The maximum atomic E-state index is 2.42. The number of allylic oxidation sites excluding steroid dienone is 1. The van der Waals surface area contributed by atoms with Crippen LogP contribution in [0.2, 0.25) is 0 Å². The van der Waals surface area contributed by atoms with Crippen LogP contribution in [0.3, 0.4) is 0 Å². The molecule has 0 N–H and O–H groups in total. The summed E-state index contributed by atoms with van der Waals surface area (Å²) < 4.78 is 4.79. The molecular weight excluding hydrogens is 845 g/mol. The van der Waals surface area contributed by atoms with Crippen LogP contribution in [0.5, 0.6) is 0 Å². The summed E-state index contributed by atoms with van der Waals surface area (Å²) >= 11 is 11.4. The van der Waals surface area contributed by atoms with Crippen molar-refractivity contribution in [3.05, 3.63) is 117 Å². The molecule has 9 rings (SSSR count). The molecule has 1 aromatic carbocycles. The third kappa shape index (κ3) is 8.41. The number of nitrogens with zero attached hydrogens (tertiary/aromatic N) is 2. The lowest BCUT2D eigenvalue weighted by Gasteiger charge is -2.07. The highest BCUT2D eigenvalue weighted by Gasteiger charge is 2.20. The SMILES string of the molecule is CCCCCCc1csc(-c2ccc(-c3ccc(/C(C)=C/c4c(C)c5c6ccc(-c7ccc(-c8ccc(-c9cc(CCCCCC)cs9)s8)s7)cc6n(C)c5n4C)s3)s2)c1. The zero-order valence-electron chi connectivity index (χ0n) is 35.7. The van der Waals surface area contributed by atoms with E-state index in [0.717, 1.165) is 0 Å². The molecule has 0 atom stereocenters. The fourth-order valence-electron chi connectivity index (χ4n) is 8.61. The molecule has 9 aromatic rings. The van der Waals surface area contributed by atoms with Crippen LogP contribution in [-0.4, -0.2) is 9.13 Å². The van der Waals surface area contributed by atoms with E-state index in [1.807, 2.05) is 68.0 Å². The molecule has 0 aliphatic carbocycles. The predicted molar refractivity (Wildman–Crippen MR) is 274 cm³/mol. The van der Waals surface area contributed by atoms with E-state index >= 15 is 0 Å². The molecule has 0 fully saturated rings. The smallest absolute Gasteiger partial charge is 0.121 e. The van der Waals surface area contributed by atoms with Crippen molar-refractivity contribution in [1.82, 2.24) is 9.13 Å². The van der Waals surface area contributed by atoms with Crippen LogP contribution < -0.4 is 0 Å². The highest BCUT2D eigenvalue weighted by molar-refractivity contribution is 7.27. The molecule has 60 heavy (non-hydrogen) atoms. The second-order valence-electron chi connectivity index (χ2n) is 16.3. The molecule has 0 saturated heterocycles. The molecule has 2 nitrogen and oxygen atoms in total. The Morgan fingerprint density at radius 1 is 0.550 bits per heavy atom. The summed E-state index contributed by atoms with van der Waals surface area (Å²) in [5, 5.41) is 7.41. The number of unbranched alkanes of at least 4 members (excludes halogenated alkanes) is 6. The molecule has 8 heteroatoms. The first-order valence-electron chi connectivity index (χ1n) is 21.6. The van der Waals surface area contributed by atoms with Crippen LogP contribution in [0.1, 0.15) is 99.4 Å². The Kier molecular flexibility index (Phi) is 12.7. The number of fused-ring (bicyclic) bond motifs is 3. The average molecular weight is 899 g/mol. The van der Waals surface area contributed by atoms with Gasteiger partial charge in [-0.1, -0.05) is 64.5 Å². The Bertz CT molecular complexity index is 2920. The van der Waals surface area contributed by atoms with E-state index in [1.165, 1.54) is 168 Å². The van der Waals surface area contributed by atoms with E-state index in [4.69, 9.17) is 0 Å². The number of hydrogen-bond donors (Lipinski definition) is 0. The van der Waals surface area contributed by atoms with Gasteiger partial charge < -0.3 is 9.13 Å². The molecular formula is C52H54N2S6. The maximum Gasteiger partial charge on any atom is 0.121 e. The molecule has 8 heterocycles. The van der Waals surface area contributed by atoms with Gasteiger partial charge in [-0.05, 0) is 151 Å². The summed E-state index contributed by atoms with van der Waals surface area (Å²) in [7, 11) is 4.46. The average Bonchev–Trinajstić information content (AvgIpc) is 4.11. The molecule has 0 amide bonds. The van der Waals surface area contributed by atoms with Crippen molar-refractivity contribution in [2.24, 2.45) is 14.1 Å². The van der Waals surface area contributed by atoms with E-state index < -0.39 is 0 Å². The summed E-state index contributed by atoms with van der Waals surface area (Å²) in [4.78, 5) is 13.6. The normalized spacial score (nSPS) is 12.3. The first-order chi connectivity index (χ1) is 29.3. The van der Waals surface area contributed by atoms with Gasteiger partial charge >= 0.3 is 0 Å². The molecule has 0 bridgehead atoms. The van der Waals surface area contributed by atoms with Crippen molar-refractivity contribution >= 4 is 102 Å². The lowest BCUT2D eigenvalue weighted by Crippen LogP contribution is -1.98. The van der Waals surface area contributed by atoms with E-state index in [0.29, 0.717) is 0 Å². The minimum absolute atomic E-state index is 1.20. The van der Waals surface area contributed by atoms with Crippen molar-refractivity contribution in [2.45, 2.75) is 91.9 Å². The summed E-state index contributed by atoms with van der Waals surface area (Å²) in [5.41, 5.74) is 10.7. The summed E-state index contributed by atoms with van der Waals surface area (Å²) in [5.74, 6) is 0. The van der Waals surface area contributed by atoms with Crippen LogP contribution in [-0.2, 0) is 26.9 Å². The minimum atomic E-state index is 1.20. The molecule has 8 aromatic heterocycles. The van der Waals surface area contributed by atoms with Crippen molar-refractivity contribution < 1.29 is 0 Å². The van der Waals surface area contributed by atoms with Crippen LogP contribution in [0.25, 0.3) is 83.0 Å². The van der Waals surface area contributed by atoms with Gasteiger partial charge in [0.2, 0.25) is 0 Å². The summed E-state index contributed by atoms with van der Waals surface area (Å²) in [6.07, 6.45) is 15.3. The van der Waals surface area contributed by atoms with Crippen LogP contribution in [0.15, 0.2) is 89.6 Å². The Balaban J connectivity index is 0.910. The zero-order chi connectivity index (χ0) is 41.3. The topological polar surface area (TPSA) is 9.86 Å². The third-order valence-corrected chi connectivity index (χ3v) is 19.2. The van der Waals surface area contributed by atoms with Gasteiger partial charge in [-0.15, -0.1) is 68.0 Å². The molecule has 308 valence electrons. The largest absolute Gasteiger partial charge is 0.330 e. The fourth-order valence-corrected chi connectivity index (χ4v) is 14.9. The molecule has 0 radical (unpaired) electrons. The van der Waals surface area contributed by atoms with Crippen molar-refractivity contribution in [1.29, 1.82) is 0 Å². The highest BCUT2D eigenvalue weighted by Crippen LogP contribution is 2.45. The lowest BCUT2D eigenvalue weighted by atomic mass is 10.1. The van der Waals surface area contributed by atoms with Crippen LogP contribution in [0.4, 0.5) is 0 Å². The molecule has 0 aliphatic rings. The Labute approximate surface area is 380 Å². The fraction of sp³-hybridized carbons (Fsp3) is 0.308. The maximum absolute atomic E-state index is 2.42. The summed E-state index contributed by atoms with van der Waals surface area (Å²) in [6.45, 7) is 9.13. The first-order valence-corrected chi connectivity index (χ1v) is 26.6. The standard InChI is InChI=1S/C52H54N2S6/c1-7-9-11-13-15-35-28-49(55-31-35)47-25-23-45(59-47)43-21-19-41(57-43)33(3)27-39-34(4)51-38-18-17-37(30-40(38)54(6)52(51)53(39)5)42-20-22-44(58-42)46-24-26-48(60-46)50-29-36(32-56-50)16-14-12-10-8-2/h17-32H,7-16H2,1-6H3/b33-27+. The number of aryl methyl sites for hydroxylation is 5. The van der Waals surface area contributed by atoms with Crippen LogP contribution >= 0.6 is 68.0 Å². The monoisotopic (exact) mass is 898 g/mol. The van der Waals surface area contributed by atoms with E-state index in [2.05, 4.69) is 147 Å². The highest BCUT2D eigenvalue weighted by atomic mass is 32.1. The van der Waals surface area contributed by atoms with Crippen molar-refractivity contribution in [3.63, 3.8) is 0 Å². The van der Waals surface area contributed by atoms with Gasteiger partial charge in [-0.2, -0.15) is 0 Å². The number of thiophene rings is 6. The second kappa shape index (κ2) is 18.3. The Hall–Kier alpha value is -3.76. The van der Waals surface area contributed by atoms with Gasteiger partial charge in [-0.25, -0.2) is 0 Å². The zero-order valence-corrected chi connectivity index (χ0v) is 40.6. The van der Waals surface area contributed by atoms with E-state index in [1.54, 1.807) is 0 Å². The van der Waals surface area contributed by atoms with Gasteiger partial charge in [0.15, 0.2) is 0 Å². The Morgan fingerprint density at radius 3 is 1.65 bits per heavy atom. The number of benzene rings is 1. The number of hydrogen-bond acceptors (Lipinski definition) is 6. The minimum Gasteiger partial charge on any atom is -0.330 e. The number of rotatable bonds is 17. The van der Waals surface area contributed by atoms with E-state index in [9.17, 15) is 0 Å². The second-order valence-corrected chi connectivity index (χ2v) is 22.5. The summed E-state index contributed by atoms with van der Waals surface area (Å²) in [6, 6.07) is 30.4. The van der Waals surface area contributed by atoms with Gasteiger partial charge in [0.25, 0.3) is 0 Å². The molecule has 0 aliphatic heterocycles. The molecule has 0 spiro atoms. The predicted octanol–water partition coefficient (Wildman–Crippen LogP) is 18.5. The van der Waals surface area contributed by atoms with Gasteiger partial charge in [0.05, 0.1) is 5.52 Å². The molecule has 0 saturated carbocycles. The van der Waals surface area contributed by atoms with Crippen LogP contribution in [0, 0.1) is 6.92 Å². The van der Waals surface area contributed by atoms with Crippen molar-refractivity contribution in [2.75, 3.05) is 0 Å². The van der Waals surface area contributed by atoms with Crippen molar-refractivity contribution in [3.8, 4) is 49.5 Å². The van der Waals surface area contributed by atoms with Gasteiger partial charge in [-0.3, -0.25) is 0 Å². The lowest BCUT2D eigenvalue weighted by molar-refractivity contribution is 0.667. The quantitative estimate of drug-likeness (QED) is 0.0806. The number of aromatic nitrogens is 2. The van der Waals surface area contributed by atoms with E-state index in [-0.39, 0.29) is 0 Å². The van der Waals surface area contributed by atoms with Gasteiger partial charge in [0.1, 0.15) is 5.65 Å². The van der Waals surface area contributed by atoms with Gasteiger partial charge in [0, 0.05) is 79.3 Å². The Morgan fingerprint density at radius 2 is 1.07 bits per heavy atom. The third-order valence-electron chi connectivity index (χ3n) is 12.0.